The zero-order valence-corrected chi connectivity index (χ0v) is 21.8. The van der Waals surface area contributed by atoms with Crippen LogP contribution < -0.4 is 27.0 Å². The van der Waals surface area contributed by atoms with Crippen molar-refractivity contribution in [3.8, 4) is 5.75 Å². The molecule has 0 aliphatic carbocycles. The van der Waals surface area contributed by atoms with E-state index in [1.165, 1.54) is 12.1 Å². The molecule has 2 rings (SSSR count). The number of aromatic hydroxyl groups is 1. The number of aliphatic carboxylic acids is 2. The Kier molecular flexibility index (Phi) is 14.5. The number of nitrogens with one attached hydrogen (secondary N) is 4. The fraction of sp³-hybridized carbons (Fsp3) is 0.308. The van der Waals surface area contributed by atoms with Crippen molar-refractivity contribution >= 4 is 35.6 Å². The van der Waals surface area contributed by atoms with Gasteiger partial charge in [-0.15, -0.1) is 0 Å². The molecule has 0 spiro atoms. The van der Waals surface area contributed by atoms with Gasteiger partial charge in [-0.1, -0.05) is 42.5 Å². The molecule has 0 unspecified atom stereocenters. The average Bonchev–Trinajstić information content (AvgIpc) is 2.90. The summed E-state index contributed by atoms with van der Waals surface area (Å²) in [5.74, 6) is -4.56. The molecule has 0 heterocycles. The predicted molar refractivity (Wildman–Crippen MR) is 142 cm³/mol. The van der Waals surface area contributed by atoms with E-state index in [9.17, 15) is 29.1 Å². The molecular formula is C26H33N5O9. The van der Waals surface area contributed by atoms with Crippen molar-refractivity contribution in [2.24, 2.45) is 5.73 Å². The zero-order valence-electron chi connectivity index (χ0n) is 21.8. The number of carboxylic acid groups (broad SMARTS) is 2. The van der Waals surface area contributed by atoms with Gasteiger partial charge in [-0.2, -0.15) is 0 Å². The fourth-order valence-corrected chi connectivity index (χ4v) is 3.11. The molecule has 0 aliphatic rings. The van der Waals surface area contributed by atoms with E-state index in [2.05, 4.69) is 21.3 Å². The van der Waals surface area contributed by atoms with E-state index in [1.807, 2.05) is 0 Å². The molecule has 2 atom stereocenters. The summed E-state index contributed by atoms with van der Waals surface area (Å²) in [6.07, 6.45) is 0.306. The van der Waals surface area contributed by atoms with Gasteiger partial charge < -0.3 is 42.3 Å². The standard InChI is InChI=1S/C24H29N5O7.C2H4O2/c25-18(10-16-6-8-17(30)9-7-16)23(35)27-13-21(32)29-19(11-15-4-2-1-3-5-15)24(36)28-12-20(31)26-14-22(33)34;1-2(3)4/h1-9,18-19,30H,10-14,25H2,(H,26,31)(H,27,35)(H,28,36)(H,29,32)(H,33,34);1H3,(H,3,4)/t18-,19-;/m0./s1. The third-order valence-electron chi connectivity index (χ3n) is 4.95. The van der Waals surface area contributed by atoms with E-state index in [1.54, 1.807) is 42.5 Å². The minimum atomic E-state index is -1.23. The SMILES string of the molecule is CC(=O)O.N[C@@H](Cc1ccc(O)cc1)C(=O)NCC(=O)N[C@@H](Cc1ccccc1)C(=O)NCC(=O)NCC(=O)O. The first kappa shape index (κ1) is 33.0. The quantitative estimate of drug-likeness (QED) is 0.141. The third-order valence-corrected chi connectivity index (χ3v) is 4.95. The van der Waals surface area contributed by atoms with Crippen LogP contribution in [0.3, 0.4) is 0 Å². The molecule has 0 saturated carbocycles. The van der Waals surface area contributed by atoms with Gasteiger partial charge >= 0.3 is 5.97 Å². The van der Waals surface area contributed by atoms with Crippen LogP contribution in [0.4, 0.5) is 0 Å². The van der Waals surface area contributed by atoms with Crippen LogP contribution in [0.5, 0.6) is 5.75 Å². The summed E-state index contributed by atoms with van der Waals surface area (Å²) in [6.45, 7) is -0.413. The van der Waals surface area contributed by atoms with E-state index in [0.29, 0.717) is 0 Å². The molecule has 0 aromatic heterocycles. The summed E-state index contributed by atoms with van der Waals surface area (Å²) in [6, 6.07) is 13.1. The molecule has 216 valence electrons. The number of hydrogen-bond donors (Lipinski definition) is 8. The summed E-state index contributed by atoms with van der Waals surface area (Å²) < 4.78 is 0. The largest absolute Gasteiger partial charge is 0.508 e. The Morgan fingerprint density at radius 2 is 1.25 bits per heavy atom. The minimum Gasteiger partial charge on any atom is -0.508 e. The second-order valence-electron chi connectivity index (χ2n) is 8.41. The van der Waals surface area contributed by atoms with E-state index in [4.69, 9.17) is 20.7 Å². The Bertz CT molecular complexity index is 1150. The van der Waals surface area contributed by atoms with Crippen LogP contribution in [-0.2, 0) is 41.6 Å². The van der Waals surface area contributed by atoms with E-state index in [0.717, 1.165) is 18.1 Å². The molecular weight excluding hydrogens is 526 g/mol. The first-order valence-corrected chi connectivity index (χ1v) is 12.0. The Balaban J connectivity index is 0.00000187. The van der Waals surface area contributed by atoms with Crippen LogP contribution in [0.15, 0.2) is 54.6 Å². The van der Waals surface area contributed by atoms with E-state index < -0.39 is 67.3 Å². The molecule has 14 heteroatoms. The van der Waals surface area contributed by atoms with E-state index >= 15 is 0 Å². The molecule has 0 fully saturated rings. The van der Waals surface area contributed by atoms with Gasteiger partial charge in [0, 0.05) is 13.3 Å². The van der Waals surface area contributed by atoms with E-state index in [-0.39, 0.29) is 18.6 Å². The smallest absolute Gasteiger partial charge is 0.322 e. The normalized spacial score (nSPS) is 11.4. The topological polar surface area (TPSA) is 237 Å². The predicted octanol–water partition coefficient (Wildman–Crippen LogP) is -1.49. The number of rotatable bonds is 13. The molecule has 0 saturated heterocycles. The second kappa shape index (κ2) is 17.5. The number of phenols is 1. The van der Waals surface area contributed by atoms with Gasteiger partial charge in [-0.3, -0.25) is 28.8 Å². The number of phenolic OH excluding ortho intramolecular Hbond substituents is 1. The summed E-state index contributed by atoms with van der Waals surface area (Å²) in [7, 11) is 0. The van der Waals surface area contributed by atoms with Crippen molar-refractivity contribution < 1.29 is 44.1 Å². The highest BCUT2D eigenvalue weighted by Crippen LogP contribution is 2.11. The summed E-state index contributed by atoms with van der Waals surface area (Å²) in [4.78, 5) is 68.6. The maximum absolute atomic E-state index is 12.7. The van der Waals surface area contributed by atoms with Gasteiger partial charge in [-0.25, -0.2) is 0 Å². The summed E-state index contributed by atoms with van der Waals surface area (Å²) >= 11 is 0. The van der Waals surface area contributed by atoms with Gasteiger partial charge in [0.2, 0.25) is 23.6 Å². The Hall–Kier alpha value is -4.98. The van der Waals surface area contributed by atoms with Crippen LogP contribution in [0.2, 0.25) is 0 Å². The summed E-state index contributed by atoms with van der Waals surface area (Å²) in [5, 5.41) is 34.8. The van der Waals surface area contributed by atoms with Crippen molar-refractivity contribution in [1.29, 1.82) is 0 Å². The number of hydrogen-bond acceptors (Lipinski definition) is 8. The van der Waals surface area contributed by atoms with Gasteiger partial charge in [0.05, 0.1) is 19.1 Å². The number of amides is 4. The molecule has 0 radical (unpaired) electrons. The maximum atomic E-state index is 12.7. The van der Waals surface area contributed by atoms with Crippen LogP contribution in [0.1, 0.15) is 18.1 Å². The van der Waals surface area contributed by atoms with Crippen molar-refractivity contribution in [3.05, 3.63) is 65.7 Å². The van der Waals surface area contributed by atoms with Gasteiger partial charge in [-0.05, 0) is 29.7 Å². The van der Waals surface area contributed by atoms with Crippen LogP contribution in [0, 0.1) is 0 Å². The van der Waals surface area contributed by atoms with Gasteiger partial charge in [0.25, 0.3) is 5.97 Å². The van der Waals surface area contributed by atoms with Gasteiger partial charge in [0.15, 0.2) is 0 Å². The highest BCUT2D eigenvalue weighted by Gasteiger charge is 2.23. The number of benzene rings is 2. The second-order valence-corrected chi connectivity index (χ2v) is 8.41. The Morgan fingerprint density at radius 1 is 0.725 bits per heavy atom. The third kappa shape index (κ3) is 14.7. The number of carboxylic acids is 2. The first-order valence-electron chi connectivity index (χ1n) is 12.0. The molecule has 14 nitrogen and oxygen atoms in total. The Labute approximate surface area is 229 Å². The van der Waals surface area contributed by atoms with Crippen molar-refractivity contribution in [2.75, 3.05) is 19.6 Å². The molecule has 2 aromatic carbocycles. The number of carbonyl (C=O) groups is 6. The molecule has 0 bridgehead atoms. The lowest BCUT2D eigenvalue weighted by atomic mass is 10.0. The highest BCUT2D eigenvalue weighted by molar-refractivity contribution is 5.93. The lowest BCUT2D eigenvalue weighted by Crippen LogP contribution is -2.53. The Morgan fingerprint density at radius 3 is 1.82 bits per heavy atom. The molecule has 0 aliphatic heterocycles. The van der Waals surface area contributed by atoms with Crippen LogP contribution in [-0.4, -0.2) is 82.6 Å². The fourth-order valence-electron chi connectivity index (χ4n) is 3.11. The average molecular weight is 560 g/mol. The van der Waals surface area contributed by atoms with Crippen LogP contribution >= 0.6 is 0 Å². The highest BCUT2D eigenvalue weighted by atomic mass is 16.4. The molecule has 4 amide bonds. The van der Waals surface area contributed by atoms with Gasteiger partial charge in [0.1, 0.15) is 18.3 Å². The number of carbonyl (C=O) groups excluding carboxylic acids is 4. The van der Waals surface area contributed by atoms with Crippen molar-refractivity contribution in [2.45, 2.75) is 31.8 Å². The minimum absolute atomic E-state index is 0.0865. The summed E-state index contributed by atoms with van der Waals surface area (Å²) in [5.41, 5.74) is 7.36. The van der Waals surface area contributed by atoms with Crippen LogP contribution in [0.25, 0.3) is 0 Å². The molecule has 9 N–H and O–H groups in total. The molecule has 40 heavy (non-hydrogen) atoms. The lowest BCUT2D eigenvalue weighted by Gasteiger charge is -2.19. The lowest BCUT2D eigenvalue weighted by molar-refractivity contribution is -0.138. The molecule has 2 aromatic rings. The first-order chi connectivity index (χ1) is 18.9. The zero-order chi connectivity index (χ0) is 30.1. The van der Waals surface area contributed by atoms with Crippen molar-refractivity contribution in [1.82, 2.24) is 21.3 Å². The monoisotopic (exact) mass is 559 g/mol. The number of nitrogens with two attached hydrogens (primary N) is 1. The van der Waals surface area contributed by atoms with Crippen molar-refractivity contribution in [3.63, 3.8) is 0 Å². The maximum Gasteiger partial charge on any atom is 0.322 e.